The van der Waals surface area contributed by atoms with Crippen LogP contribution < -0.4 is 5.32 Å². The summed E-state index contributed by atoms with van der Waals surface area (Å²) >= 11 is 0. The maximum atomic E-state index is 4.23. The van der Waals surface area contributed by atoms with Gasteiger partial charge in [-0.15, -0.1) is 6.58 Å². The summed E-state index contributed by atoms with van der Waals surface area (Å²) < 4.78 is 1.66. The lowest BCUT2D eigenvalue weighted by atomic mass is 10.4. The highest BCUT2D eigenvalue weighted by molar-refractivity contribution is 5.44. The lowest BCUT2D eigenvalue weighted by molar-refractivity contribution is 0.928. The highest BCUT2D eigenvalue weighted by Crippen LogP contribution is 2.09. The summed E-state index contributed by atoms with van der Waals surface area (Å²) in [5, 5.41) is 7.23. The molecule has 0 atom stereocenters. The van der Waals surface area contributed by atoms with Crippen LogP contribution in [0.25, 0.3) is 5.78 Å². The van der Waals surface area contributed by atoms with E-state index in [9.17, 15) is 0 Å². The van der Waals surface area contributed by atoms with E-state index < -0.39 is 0 Å². The molecule has 5 heteroatoms. The molecule has 0 aliphatic heterocycles. The third-order valence-electron chi connectivity index (χ3n) is 1.81. The molecule has 2 aromatic rings. The van der Waals surface area contributed by atoms with Crippen LogP contribution in [0.4, 0.5) is 5.82 Å². The molecule has 0 aliphatic carbocycles. The SMILES string of the molecule is C=CCNc1cc(C)nc2ncnn12. The van der Waals surface area contributed by atoms with E-state index in [4.69, 9.17) is 0 Å². The zero-order valence-corrected chi connectivity index (χ0v) is 7.94. The molecule has 0 aromatic carbocycles. The lowest BCUT2D eigenvalue weighted by Gasteiger charge is -2.05. The summed E-state index contributed by atoms with van der Waals surface area (Å²) in [5.74, 6) is 1.49. The fourth-order valence-electron chi connectivity index (χ4n) is 1.23. The van der Waals surface area contributed by atoms with Crippen molar-refractivity contribution in [2.24, 2.45) is 0 Å². The van der Waals surface area contributed by atoms with Crippen molar-refractivity contribution in [3.63, 3.8) is 0 Å². The second-order valence-electron chi connectivity index (χ2n) is 2.92. The predicted molar refractivity (Wildman–Crippen MR) is 54.2 cm³/mol. The van der Waals surface area contributed by atoms with Crippen LogP contribution >= 0.6 is 0 Å². The Hall–Kier alpha value is -1.91. The van der Waals surface area contributed by atoms with Gasteiger partial charge < -0.3 is 5.32 Å². The van der Waals surface area contributed by atoms with Crippen molar-refractivity contribution < 1.29 is 0 Å². The Kier molecular flexibility index (Phi) is 2.14. The van der Waals surface area contributed by atoms with E-state index in [1.807, 2.05) is 13.0 Å². The van der Waals surface area contributed by atoms with Crippen molar-refractivity contribution in [1.82, 2.24) is 19.6 Å². The molecule has 0 aliphatic rings. The van der Waals surface area contributed by atoms with Gasteiger partial charge in [0, 0.05) is 18.3 Å². The second-order valence-corrected chi connectivity index (χ2v) is 2.92. The average Bonchev–Trinajstić information content (AvgIpc) is 2.61. The summed E-state index contributed by atoms with van der Waals surface area (Å²) in [6.07, 6.45) is 3.28. The van der Waals surface area contributed by atoms with Gasteiger partial charge in [0.2, 0.25) is 0 Å². The average molecular weight is 189 g/mol. The smallest absolute Gasteiger partial charge is 0.254 e. The third kappa shape index (κ3) is 1.44. The molecular weight excluding hydrogens is 178 g/mol. The van der Waals surface area contributed by atoms with Crippen LogP contribution in [-0.4, -0.2) is 26.1 Å². The first kappa shape index (κ1) is 8.68. The number of fused-ring (bicyclic) bond motifs is 1. The van der Waals surface area contributed by atoms with E-state index >= 15 is 0 Å². The number of anilines is 1. The Morgan fingerprint density at radius 3 is 3.29 bits per heavy atom. The summed E-state index contributed by atoms with van der Waals surface area (Å²) in [7, 11) is 0. The van der Waals surface area contributed by atoms with Crippen molar-refractivity contribution in [2.75, 3.05) is 11.9 Å². The summed E-state index contributed by atoms with van der Waals surface area (Å²) in [4.78, 5) is 8.25. The minimum atomic E-state index is 0.608. The van der Waals surface area contributed by atoms with Crippen LogP contribution in [-0.2, 0) is 0 Å². The molecule has 0 fully saturated rings. The first-order valence-electron chi connectivity index (χ1n) is 4.33. The Morgan fingerprint density at radius 2 is 2.50 bits per heavy atom. The zero-order valence-electron chi connectivity index (χ0n) is 7.94. The predicted octanol–water partition coefficient (Wildman–Crippen LogP) is 1.03. The van der Waals surface area contributed by atoms with E-state index in [-0.39, 0.29) is 0 Å². The monoisotopic (exact) mass is 189 g/mol. The van der Waals surface area contributed by atoms with Gasteiger partial charge in [-0.3, -0.25) is 0 Å². The largest absolute Gasteiger partial charge is 0.366 e. The van der Waals surface area contributed by atoms with Gasteiger partial charge in [-0.1, -0.05) is 6.08 Å². The Balaban J connectivity index is 2.49. The van der Waals surface area contributed by atoms with Crippen LogP contribution in [0.15, 0.2) is 25.0 Å². The number of nitrogens with one attached hydrogen (secondary N) is 1. The van der Waals surface area contributed by atoms with Crippen LogP contribution in [0.1, 0.15) is 5.69 Å². The summed E-state index contributed by atoms with van der Waals surface area (Å²) in [6.45, 7) is 6.26. The van der Waals surface area contributed by atoms with E-state index in [1.165, 1.54) is 6.33 Å². The molecule has 1 N–H and O–H groups in total. The first-order valence-corrected chi connectivity index (χ1v) is 4.33. The molecule has 0 spiro atoms. The van der Waals surface area contributed by atoms with Gasteiger partial charge in [0.25, 0.3) is 5.78 Å². The van der Waals surface area contributed by atoms with Gasteiger partial charge in [0.1, 0.15) is 12.1 Å². The highest BCUT2D eigenvalue weighted by Gasteiger charge is 2.03. The Labute approximate surface area is 81.5 Å². The minimum Gasteiger partial charge on any atom is -0.366 e. The fraction of sp³-hybridized carbons (Fsp3) is 0.222. The van der Waals surface area contributed by atoms with E-state index in [1.54, 1.807) is 10.6 Å². The van der Waals surface area contributed by atoms with Gasteiger partial charge >= 0.3 is 0 Å². The molecule has 14 heavy (non-hydrogen) atoms. The summed E-state index contributed by atoms with van der Waals surface area (Å²) in [6, 6.07) is 1.92. The first-order chi connectivity index (χ1) is 6.81. The molecule has 0 radical (unpaired) electrons. The van der Waals surface area contributed by atoms with E-state index in [0.717, 1.165) is 11.5 Å². The van der Waals surface area contributed by atoms with Gasteiger partial charge in [-0.05, 0) is 6.92 Å². The maximum absolute atomic E-state index is 4.23. The van der Waals surface area contributed by atoms with Crippen molar-refractivity contribution in [1.29, 1.82) is 0 Å². The molecule has 72 valence electrons. The molecule has 0 unspecified atom stereocenters. The molecule has 5 nitrogen and oxygen atoms in total. The molecule has 2 aromatic heterocycles. The lowest BCUT2D eigenvalue weighted by Crippen LogP contribution is -2.06. The molecule has 0 bridgehead atoms. The van der Waals surface area contributed by atoms with Gasteiger partial charge in [0.15, 0.2) is 0 Å². The highest BCUT2D eigenvalue weighted by atomic mass is 15.3. The molecule has 0 saturated heterocycles. The quantitative estimate of drug-likeness (QED) is 0.733. The number of rotatable bonds is 3. The van der Waals surface area contributed by atoms with Gasteiger partial charge in [-0.2, -0.15) is 14.6 Å². The standard InChI is InChI=1S/C9H11N5/c1-3-4-10-8-5-7(2)13-9-11-6-12-14(8)9/h3,5-6,10H,1,4H2,2H3. The number of hydrogen-bond donors (Lipinski definition) is 1. The number of hydrogen-bond acceptors (Lipinski definition) is 4. The molecular formula is C9H11N5. The number of aryl methyl sites for hydroxylation is 1. The van der Waals surface area contributed by atoms with E-state index in [2.05, 4.69) is 27.0 Å². The zero-order chi connectivity index (χ0) is 9.97. The maximum Gasteiger partial charge on any atom is 0.254 e. The van der Waals surface area contributed by atoms with Crippen molar-refractivity contribution in [3.05, 3.63) is 30.7 Å². The van der Waals surface area contributed by atoms with Crippen LogP contribution in [0, 0.1) is 6.92 Å². The topological polar surface area (TPSA) is 55.1 Å². The van der Waals surface area contributed by atoms with Crippen molar-refractivity contribution >= 4 is 11.6 Å². The Morgan fingerprint density at radius 1 is 1.64 bits per heavy atom. The minimum absolute atomic E-state index is 0.608. The summed E-state index contributed by atoms with van der Waals surface area (Å²) in [5.41, 5.74) is 0.914. The third-order valence-corrected chi connectivity index (χ3v) is 1.81. The van der Waals surface area contributed by atoms with Crippen LogP contribution in [0.2, 0.25) is 0 Å². The Bertz CT molecular complexity index is 459. The van der Waals surface area contributed by atoms with Gasteiger partial charge in [-0.25, -0.2) is 4.98 Å². The molecule has 0 saturated carbocycles. The number of nitrogens with zero attached hydrogens (tertiary/aromatic N) is 4. The van der Waals surface area contributed by atoms with Crippen molar-refractivity contribution in [3.8, 4) is 0 Å². The molecule has 2 rings (SSSR count). The molecule has 2 heterocycles. The van der Waals surface area contributed by atoms with Crippen molar-refractivity contribution in [2.45, 2.75) is 6.92 Å². The fourth-order valence-corrected chi connectivity index (χ4v) is 1.23. The van der Waals surface area contributed by atoms with Gasteiger partial charge in [0.05, 0.1) is 0 Å². The molecule has 0 amide bonds. The normalized spacial score (nSPS) is 10.4. The van der Waals surface area contributed by atoms with Crippen LogP contribution in [0.3, 0.4) is 0 Å². The van der Waals surface area contributed by atoms with Crippen LogP contribution in [0.5, 0.6) is 0 Å². The van der Waals surface area contributed by atoms with E-state index in [0.29, 0.717) is 12.3 Å². The second kappa shape index (κ2) is 3.45. The number of aromatic nitrogens is 4.